The Bertz CT molecular complexity index is 1630. The van der Waals surface area contributed by atoms with Crippen LogP contribution < -0.4 is 21.6 Å². The summed E-state index contributed by atoms with van der Waals surface area (Å²) in [4.78, 5) is 9.09. The molecule has 2 aromatic carbocycles. The molecule has 0 bridgehead atoms. The number of rotatable bonds is 7. The number of pyridine rings is 2. The molecule has 1 saturated carbocycles. The highest BCUT2D eigenvalue weighted by atomic mass is 35.5. The van der Waals surface area contributed by atoms with Crippen LogP contribution in [-0.2, 0) is 0 Å². The maximum atomic E-state index is 9.85. The quantitative estimate of drug-likeness (QED) is 0.219. The van der Waals surface area contributed by atoms with Gasteiger partial charge in [-0.25, -0.2) is 0 Å². The summed E-state index contributed by atoms with van der Waals surface area (Å²) in [5, 5.41) is 21.6. The van der Waals surface area contributed by atoms with Crippen molar-refractivity contribution in [3.8, 4) is 6.07 Å². The number of benzene rings is 2. The van der Waals surface area contributed by atoms with Crippen LogP contribution in [0.5, 0.6) is 0 Å². The zero-order chi connectivity index (χ0) is 27.1. The van der Waals surface area contributed by atoms with Crippen LogP contribution in [0.15, 0.2) is 66.8 Å². The minimum Gasteiger partial charge on any atom is -0.383 e. The van der Waals surface area contributed by atoms with Gasteiger partial charge in [-0.2, -0.15) is 5.26 Å². The number of anilines is 2. The molecule has 198 valence electrons. The molecule has 0 radical (unpaired) electrons. The van der Waals surface area contributed by atoms with E-state index in [1.165, 1.54) is 12.8 Å². The molecule has 0 amide bonds. The molecule has 0 unspecified atom stereocenters. The first-order valence-corrected chi connectivity index (χ1v) is 13.6. The van der Waals surface area contributed by atoms with Crippen LogP contribution in [0, 0.1) is 16.7 Å². The summed E-state index contributed by atoms with van der Waals surface area (Å²) in [5.74, 6) is 0. The molecule has 6 rings (SSSR count). The lowest BCUT2D eigenvalue weighted by atomic mass is 9.96. The average molecular weight is 539 g/mol. The number of hydrogen-bond acceptors (Lipinski definition) is 8. The molecule has 2 aromatic heterocycles. The molecular formula is C30H31ClN8. The van der Waals surface area contributed by atoms with Crippen molar-refractivity contribution < 1.29 is 0 Å². The second-order valence-corrected chi connectivity index (χ2v) is 11.8. The average Bonchev–Trinajstić information content (AvgIpc) is 3.66. The first kappa shape index (κ1) is 25.2. The van der Waals surface area contributed by atoms with Gasteiger partial charge in [0.2, 0.25) is 0 Å². The number of nitrogens with one attached hydrogen (secondary N) is 4. The van der Waals surface area contributed by atoms with Gasteiger partial charge in [0.15, 0.2) is 0 Å². The Morgan fingerprint density at radius 3 is 2.77 bits per heavy atom. The van der Waals surface area contributed by atoms with Gasteiger partial charge in [-0.3, -0.25) is 15.0 Å². The summed E-state index contributed by atoms with van der Waals surface area (Å²) in [7, 11) is 0. The maximum absolute atomic E-state index is 9.85. The van der Waals surface area contributed by atoms with Gasteiger partial charge in [-0.1, -0.05) is 50.6 Å². The van der Waals surface area contributed by atoms with Gasteiger partial charge in [-0.05, 0) is 48.1 Å². The van der Waals surface area contributed by atoms with E-state index in [1.807, 2.05) is 36.5 Å². The number of nitriles is 1. The van der Waals surface area contributed by atoms with E-state index in [4.69, 9.17) is 11.6 Å². The Hall–Kier alpha value is -4.06. The number of aromatic nitrogens is 2. The van der Waals surface area contributed by atoms with Gasteiger partial charge >= 0.3 is 0 Å². The number of hydrogen-bond donors (Lipinski definition) is 4. The van der Waals surface area contributed by atoms with Crippen molar-refractivity contribution in [2.75, 3.05) is 17.2 Å². The Labute approximate surface area is 233 Å². The Morgan fingerprint density at radius 1 is 1.15 bits per heavy atom. The van der Waals surface area contributed by atoms with Crippen molar-refractivity contribution >= 4 is 44.8 Å². The highest BCUT2D eigenvalue weighted by Gasteiger charge is 2.32. The van der Waals surface area contributed by atoms with E-state index in [9.17, 15) is 5.26 Å². The second-order valence-electron chi connectivity index (χ2n) is 11.4. The van der Waals surface area contributed by atoms with E-state index in [0.29, 0.717) is 28.7 Å². The summed E-state index contributed by atoms with van der Waals surface area (Å²) in [5.41, 5.74) is 12.4. The van der Waals surface area contributed by atoms with Gasteiger partial charge < -0.3 is 16.1 Å². The smallest absolute Gasteiger partial charge is 0.103 e. The molecule has 1 aliphatic heterocycles. The molecule has 1 fully saturated rings. The molecule has 8 nitrogen and oxygen atoms in total. The van der Waals surface area contributed by atoms with Crippen molar-refractivity contribution in [2.24, 2.45) is 5.41 Å². The molecule has 0 saturated heterocycles. The van der Waals surface area contributed by atoms with Crippen LogP contribution in [0.2, 0.25) is 5.02 Å². The standard InChI is InChI=1S/C30H31ClN8/c1-30(2,3)17-35-27-18(14-32)15-34-28-23(27)12-19(13-24(28)31)36-29(26-16-39(38-37-26)20-9-10-20)22-6-4-8-25-21(22)7-5-11-33-25/h4-8,11-13,15-16,20,29,36-38H,9-10,17H2,1-3H3,(H,34,35)/t29-/m0/s1. The zero-order valence-corrected chi connectivity index (χ0v) is 23.0. The fraction of sp³-hybridized carbons (Fsp3) is 0.300. The monoisotopic (exact) mass is 538 g/mol. The lowest BCUT2D eigenvalue weighted by molar-refractivity contribution is 0.260. The first-order valence-electron chi connectivity index (χ1n) is 13.2. The first-order chi connectivity index (χ1) is 18.8. The van der Waals surface area contributed by atoms with Crippen LogP contribution in [0.3, 0.4) is 0 Å². The van der Waals surface area contributed by atoms with Gasteiger partial charge in [0.25, 0.3) is 0 Å². The minimum atomic E-state index is -0.222. The Balaban J connectivity index is 1.46. The van der Waals surface area contributed by atoms with Gasteiger partial charge in [0.1, 0.15) is 6.07 Å². The SMILES string of the molecule is CC(C)(C)CNc1c(C#N)cnc2c(Cl)cc(N[C@H](C3=CN(C4CC4)NN3)c3cccc4ncccc34)cc12. The van der Waals surface area contributed by atoms with E-state index >= 15 is 0 Å². The fourth-order valence-corrected chi connectivity index (χ4v) is 5.15. The topological polar surface area (TPSA) is 101 Å². The minimum absolute atomic E-state index is 0.0243. The van der Waals surface area contributed by atoms with Crippen LogP contribution in [0.1, 0.15) is 50.8 Å². The fourth-order valence-electron chi connectivity index (χ4n) is 4.88. The number of fused-ring (bicyclic) bond motifs is 2. The summed E-state index contributed by atoms with van der Waals surface area (Å²) >= 11 is 6.80. The zero-order valence-electron chi connectivity index (χ0n) is 22.2. The molecule has 2 aliphatic rings. The van der Waals surface area contributed by atoms with Crippen molar-refractivity contribution in [3.63, 3.8) is 0 Å². The van der Waals surface area contributed by atoms with Gasteiger partial charge in [0.05, 0.1) is 39.0 Å². The van der Waals surface area contributed by atoms with Crippen LogP contribution in [0.4, 0.5) is 11.4 Å². The molecule has 1 atom stereocenters. The predicted molar refractivity (Wildman–Crippen MR) is 157 cm³/mol. The second kappa shape index (κ2) is 9.92. The maximum Gasteiger partial charge on any atom is 0.103 e. The third-order valence-electron chi connectivity index (χ3n) is 7.00. The normalized spacial score (nSPS) is 16.1. The molecule has 3 heterocycles. The highest BCUT2D eigenvalue weighted by molar-refractivity contribution is 6.35. The highest BCUT2D eigenvalue weighted by Crippen LogP contribution is 2.38. The van der Waals surface area contributed by atoms with Gasteiger partial charge in [0, 0.05) is 47.6 Å². The molecule has 9 heteroatoms. The van der Waals surface area contributed by atoms with E-state index in [1.54, 1.807) is 6.20 Å². The number of hydrazine groups is 2. The van der Waals surface area contributed by atoms with E-state index < -0.39 is 0 Å². The molecule has 1 aliphatic carbocycles. The largest absolute Gasteiger partial charge is 0.383 e. The molecular weight excluding hydrogens is 508 g/mol. The van der Waals surface area contributed by atoms with Gasteiger partial charge in [-0.15, -0.1) is 5.53 Å². The Kier molecular flexibility index (Phi) is 6.42. The van der Waals surface area contributed by atoms with E-state index in [0.717, 1.165) is 38.9 Å². The van der Waals surface area contributed by atoms with Crippen LogP contribution >= 0.6 is 11.6 Å². The van der Waals surface area contributed by atoms with Crippen molar-refractivity contribution in [2.45, 2.75) is 45.7 Å². The molecule has 4 N–H and O–H groups in total. The predicted octanol–water partition coefficient (Wildman–Crippen LogP) is 6.25. The molecule has 0 spiro atoms. The van der Waals surface area contributed by atoms with E-state index in [-0.39, 0.29) is 11.5 Å². The summed E-state index contributed by atoms with van der Waals surface area (Å²) in [6, 6.07) is 16.7. The molecule has 4 aromatic rings. The summed E-state index contributed by atoms with van der Waals surface area (Å²) < 4.78 is 0. The van der Waals surface area contributed by atoms with E-state index in [2.05, 4.69) is 81.7 Å². The lowest BCUT2D eigenvalue weighted by Crippen LogP contribution is -2.38. The third kappa shape index (κ3) is 5.16. The summed E-state index contributed by atoms with van der Waals surface area (Å²) in [6.07, 6.45) is 7.89. The number of nitrogens with zero attached hydrogens (tertiary/aromatic N) is 4. The lowest BCUT2D eigenvalue weighted by Gasteiger charge is -2.24. The Morgan fingerprint density at radius 2 is 2.00 bits per heavy atom. The van der Waals surface area contributed by atoms with Crippen LogP contribution in [0.25, 0.3) is 21.8 Å². The van der Waals surface area contributed by atoms with Crippen molar-refractivity contribution in [3.05, 3.63) is 82.9 Å². The van der Waals surface area contributed by atoms with Crippen molar-refractivity contribution in [1.29, 1.82) is 5.26 Å². The molecule has 39 heavy (non-hydrogen) atoms. The van der Waals surface area contributed by atoms with Crippen molar-refractivity contribution in [1.82, 2.24) is 25.9 Å². The van der Waals surface area contributed by atoms with Crippen LogP contribution in [-0.4, -0.2) is 27.6 Å². The third-order valence-corrected chi connectivity index (χ3v) is 7.29. The summed E-state index contributed by atoms with van der Waals surface area (Å²) in [6.45, 7) is 7.15. The number of halogens is 1.